The quantitative estimate of drug-likeness (QED) is 0.284. The smallest absolute Gasteiger partial charge is 0.293 e. The van der Waals surface area contributed by atoms with E-state index in [2.05, 4.69) is 37.9 Å². The molecule has 0 atom stereocenters. The molecule has 0 spiro atoms. The van der Waals surface area contributed by atoms with Crippen LogP contribution in [0, 0.1) is 6.92 Å². The molecule has 0 unspecified atom stereocenters. The number of carbonyl (C=O) groups excluding carboxylic acids is 1. The second-order valence-electron chi connectivity index (χ2n) is 9.27. The van der Waals surface area contributed by atoms with Gasteiger partial charge in [-0.2, -0.15) is 5.10 Å². The van der Waals surface area contributed by atoms with Crippen molar-refractivity contribution in [2.24, 2.45) is 0 Å². The number of amides is 1. The number of aromatic amines is 1. The number of benzene rings is 2. The molecule has 10 nitrogen and oxygen atoms in total. The standard InChI is InChI=1S/C26H29N7O3/c1-16-12-29-24(30-15-26(9-10-26)18-4-6-19(36-2)7-5-18)25(35)33(16)14-22(34)28-13-17-3-8-21-20(11-17)23(27)32-31-21/h3-8,11-12H,9-10,13-15H2,1-2H3,(H,28,34)(H,29,30)(H3,27,31,32). The van der Waals surface area contributed by atoms with Crippen LogP contribution in [0.4, 0.5) is 11.6 Å². The van der Waals surface area contributed by atoms with E-state index in [1.54, 1.807) is 20.2 Å². The van der Waals surface area contributed by atoms with Gasteiger partial charge in [-0.05, 0) is 55.2 Å². The van der Waals surface area contributed by atoms with Gasteiger partial charge >= 0.3 is 0 Å². The summed E-state index contributed by atoms with van der Waals surface area (Å²) in [6, 6.07) is 13.7. The van der Waals surface area contributed by atoms with Crippen molar-refractivity contribution in [2.75, 3.05) is 24.7 Å². The molecule has 5 rings (SSSR count). The van der Waals surface area contributed by atoms with Gasteiger partial charge in [-0.1, -0.05) is 18.2 Å². The van der Waals surface area contributed by atoms with Gasteiger partial charge in [0.15, 0.2) is 11.6 Å². The second kappa shape index (κ2) is 9.37. The number of nitrogens with one attached hydrogen (secondary N) is 3. The fourth-order valence-corrected chi connectivity index (χ4v) is 4.40. The Kier molecular flexibility index (Phi) is 6.09. The fraction of sp³-hybridized carbons (Fsp3) is 0.308. The van der Waals surface area contributed by atoms with Crippen molar-refractivity contribution in [3.8, 4) is 5.75 Å². The normalized spacial score (nSPS) is 13.9. The summed E-state index contributed by atoms with van der Waals surface area (Å²) in [5.41, 5.74) is 9.07. The highest BCUT2D eigenvalue weighted by atomic mass is 16.5. The number of fused-ring (bicyclic) bond motifs is 1. The molecule has 1 saturated carbocycles. The van der Waals surface area contributed by atoms with Gasteiger partial charge in [0, 0.05) is 35.8 Å². The van der Waals surface area contributed by atoms with E-state index in [9.17, 15) is 9.59 Å². The van der Waals surface area contributed by atoms with Crippen LogP contribution in [-0.2, 0) is 23.3 Å². The van der Waals surface area contributed by atoms with E-state index in [0.717, 1.165) is 35.1 Å². The zero-order valence-corrected chi connectivity index (χ0v) is 20.3. The lowest BCUT2D eigenvalue weighted by atomic mass is 9.96. The summed E-state index contributed by atoms with van der Waals surface area (Å²) >= 11 is 0. The van der Waals surface area contributed by atoms with E-state index in [1.165, 1.54) is 10.1 Å². The van der Waals surface area contributed by atoms with E-state index in [4.69, 9.17) is 10.5 Å². The average molecular weight is 488 g/mol. The number of anilines is 2. The van der Waals surface area contributed by atoms with Crippen molar-refractivity contribution in [1.82, 2.24) is 25.1 Å². The zero-order valence-electron chi connectivity index (χ0n) is 20.3. The van der Waals surface area contributed by atoms with Gasteiger partial charge in [-0.3, -0.25) is 19.3 Å². The molecule has 5 N–H and O–H groups in total. The third-order valence-electron chi connectivity index (χ3n) is 6.85. The zero-order chi connectivity index (χ0) is 25.3. The Morgan fingerprint density at radius 3 is 2.72 bits per heavy atom. The molecule has 1 aliphatic carbocycles. The van der Waals surface area contributed by atoms with Crippen molar-refractivity contribution >= 4 is 28.4 Å². The van der Waals surface area contributed by atoms with Crippen LogP contribution >= 0.6 is 0 Å². The molecule has 10 heteroatoms. The number of hydrogen-bond acceptors (Lipinski definition) is 7. The number of H-pyrrole nitrogens is 1. The van der Waals surface area contributed by atoms with Gasteiger partial charge in [-0.15, -0.1) is 0 Å². The van der Waals surface area contributed by atoms with Crippen LogP contribution in [-0.4, -0.2) is 39.3 Å². The summed E-state index contributed by atoms with van der Waals surface area (Å²) in [4.78, 5) is 30.1. The third-order valence-corrected chi connectivity index (χ3v) is 6.85. The first kappa shape index (κ1) is 23.4. The Bertz CT molecular complexity index is 1470. The Labute approximate surface area is 207 Å². The summed E-state index contributed by atoms with van der Waals surface area (Å²) < 4.78 is 6.69. The lowest BCUT2D eigenvalue weighted by molar-refractivity contribution is -0.121. The first-order valence-corrected chi connectivity index (χ1v) is 11.8. The number of rotatable bonds is 9. The summed E-state index contributed by atoms with van der Waals surface area (Å²) in [6.07, 6.45) is 3.68. The molecule has 186 valence electrons. The van der Waals surface area contributed by atoms with E-state index >= 15 is 0 Å². The van der Waals surface area contributed by atoms with E-state index < -0.39 is 0 Å². The van der Waals surface area contributed by atoms with Gasteiger partial charge < -0.3 is 21.1 Å². The molecule has 2 aromatic carbocycles. The summed E-state index contributed by atoms with van der Waals surface area (Å²) in [6.45, 7) is 2.58. The largest absolute Gasteiger partial charge is 0.497 e. The van der Waals surface area contributed by atoms with E-state index in [-0.39, 0.29) is 29.2 Å². The summed E-state index contributed by atoms with van der Waals surface area (Å²) in [5, 5.41) is 13.7. The summed E-state index contributed by atoms with van der Waals surface area (Å²) in [7, 11) is 1.65. The van der Waals surface area contributed by atoms with Crippen LogP contribution in [0.25, 0.3) is 10.9 Å². The molecule has 2 aromatic heterocycles. The highest BCUT2D eigenvalue weighted by molar-refractivity contribution is 5.89. The summed E-state index contributed by atoms with van der Waals surface area (Å²) in [5.74, 6) is 1.20. The van der Waals surface area contributed by atoms with Crippen LogP contribution in [0.1, 0.15) is 29.7 Å². The van der Waals surface area contributed by atoms with E-state index in [0.29, 0.717) is 24.6 Å². The lowest BCUT2D eigenvalue weighted by Gasteiger charge is -2.18. The minimum Gasteiger partial charge on any atom is -0.497 e. The third kappa shape index (κ3) is 4.61. The molecule has 1 amide bonds. The minimum atomic E-state index is -0.316. The number of ether oxygens (including phenoxy) is 1. The maximum absolute atomic E-state index is 13.1. The SMILES string of the molecule is COc1ccc(C2(CNc3ncc(C)n(CC(=O)NCc4ccc5[nH]nc(N)c5c4)c3=O)CC2)cc1. The molecule has 0 aliphatic heterocycles. The highest BCUT2D eigenvalue weighted by Crippen LogP contribution is 2.48. The Morgan fingerprint density at radius 2 is 2.00 bits per heavy atom. The molecule has 2 heterocycles. The minimum absolute atomic E-state index is 0.0209. The Balaban J connectivity index is 1.23. The first-order valence-electron chi connectivity index (χ1n) is 11.8. The maximum Gasteiger partial charge on any atom is 0.293 e. The molecule has 1 aliphatic rings. The van der Waals surface area contributed by atoms with Crippen LogP contribution in [0.5, 0.6) is 5.75 Å². The molecular formula is C26H29N7O3. The topological polar surface area (TPSA) is 140 Å². The van der Waals surface area contributed by atoms with Crippen molar-refractivity contribution in [1.29, 1.82) is 0 Å². The predicted octanol–water partition coefficient (Wildman–Crippen LogP) is 2.48. The number of nitrogen functional groups attached to an aromatic ring is 1. The second-order valence-corrected chi connectivity index (χ2v) is 9.27. The van der Waals surface area contributed by atoms with Gasteiger partial charge in [0.2, 0.25) is 5.91 Å². The number of methoxy groups -OCH3 is 1. The van der Waals surface area contributed by atoms with Crippen LogP contribution in [0.3, 0.4) is 0 Å². The highest BCUT2D eigenvalue weighted by Gasteiger charge is 2.44. The lowest BCUT2D eigenvalue weighted by Crippen LogP contribution is -2.35. The monoisotopic (exact) mass is 487 g/mol. The van der Waals surface area contributed by atoms with Crippen LogP contribution in [0.15, 0.2) is 53.5 Å². The average Bonchev–Trinajstić information content (AvgIpc) is 3.60. The molecule has 1 fully saturated rings. The predicted molar refractivity (Wildman–Crippen MR) is 138 cm³/mol. The van der Waals surface area contributed by atoms with Crippen LogP contribution in [0.2, 0.25) is 0 Å². The maximum atomic E-state index is 13.1. The van der Waals surface area contributed by atoms with Crippen molar-refractivity contribution in [2.45, 2.75) is 38.3 Å². The molecule has 0 bridgehead atoms. The number of nitrogens with zero attached hydrogens (tertiary/aromatic N) is 3. The molecular weight excluding hydrogens is 458 g/mol. The molecule has 4 aromatic rings. The number of hydrogen-bond donors (Lipinski definition) is 4. The fourth-order valence-electron chi connectivity index (χ4n) is 4.40. The van der Waals surface area contributed by atoms with Crippen molar-refractivity contribution in [3.05, 3.63) is 75.8 Å². The number of nitrogens with two attached hydrogens (primary N) is 1. The van der Waals surface area contributed by atoms with E-state index in [1.807, 2.05) is 30.3 Å². The first-order chi connectivity index (χ1) is 17.4. The van der Waals surface area contributed by atoms with Gasteiger partial charge in [-0.25, -0.2) is 4.98 Å². The van der Waals surface area contributed by atoms with Gasteiger partial charge in [0.25, 0.3) is 5.56 Å². The van der Waals surface area contributed by atoms with Crippen molar-refractivity contribution < 1.29 is 9.53 Å². The number of aromatic nitrogens is 4. The van der Waals surface area contributed by atoms with Crippen molar-refractivity contribution in [3.63, 3.8) is 0 Å². The van der Waals surface area contributed by atoms with Gasteiger partial charge in [0.05, 0.1) is 12.6 Å². The molecule has 0 saturated heterocycles. The number of aryl methyl sites for hydroxylation is 1. The molecule has 36 heavy (non-hydrogen) atoms. The van der Waals surface area contributed by atoms with Gasteiger partial charge in [0.1, 0.15) is 12.3 Å². The number of carbonyl (C=O) groups is 1. The Hall–Kier alpha value is -4.34. The van der Waals surface area contributed by atoms with Crippen LogP contribution < -0.4 is 26.7 Å². The Morgan fingerprint density at radius 1 is 1.22 bits per heavy atom. The molecule has 0 radical (unpaired) electrons.